The number of anilines is 1. The van der Waals surface area contributed by atoms with Gasteiger partial charge in [0.05, 0.1) is 23.0 Å². The zero-order chi connectivity index (χ0) is 23.9. The van der Waals surface area contributed by atoms with Gasteiger partial charge in [-0.15, -0.1) is 0 Å². The molecule has 0 aliphatic heterocycles. The van der Waals surface area contributed by atoms with Crippen LogP contribution in [0.3, 0.4) is 0 Å². The number of carbonyl (C=O) groups is 1. The van der Waals surface area contributed by atoms with Gasteiger partial charge in [0.15, 0.2) is 0 Å². The molecule has 1 unspecified atom stereocenters. The molecule has 0 radical (unpaired) electrons. The van der Waals surface area contributed by atoms with E-state index in [1.165, 1.54) is 6.07 Å². The number of hydrogen-bond donors (Lipinski definition) is 2. The first-order valence-corrected chi connectivity index (χ1v) is 10.8. The number of amides is 1. The average molecular weight is 457 g/mol. The molecule has 4 aromatic rings. The minimum Gasteiger partial charge on any atom is -0.371 e. The third-order valence-corrected chi connectivity index (χ3v) is 5.43. The second-order valence-electron chi connectivity index (χ2n) is 7.80. The minimum absolute atomic E-state index is 0.170. The van der Waals surface area contributed by atoms with Crippen LogP contribution in [0.25, 0.3) is 0 Å². The van der Waals surface area contributed by atoms with E-state index < -0.39 is 4.92 Å². The SMILES string of the molecule is CC(Nc1ccc(C(=O)NCc2ccccc2Cn2ccnc2)cc1[N+](=O)[O-])c1ccccn1. The van der Waals surface area contributed by atoms with Gasteiger partial charge in [0.1, 0.15) is 5.69 Å². The molecule has 0 saturated heterocycles. The third kappa shape index (κ3) is 5.44. The Balaban J connectivity index is 1.47. The number of pyridine rings is 1. The van der Waals surface area contributed by atoms with Crippen LogP contribution in [0.15, 0.2) is 85.6 Å². The highest BCUT2D eigenvalue weighted by Gasteiger charge is 2.20. The molecular formula is C25H24N6O3. The van der Waals surface area contributed by atoms with Gasteiger partial charge in [0.2, 0.25) is 0 Å². The van der Waals surface area contributed by atoms with Gasteiger partial charge in [-0.25, -0.2) is 4.98 Å². The predicted octanol–water partition coefficient (Wildman–Crippen LogP) is 4.34. The fourth-order valence-electron chi connectivity index (χ4n) is 3.62. The summed E-state index contributed by atoms with van der Waals surface area (Å²) in [5.74, 6) is -0.384. The number of nitrogens with one attached hydrogen (secondary N) is 2. The first kappa shape index (κ1) is 22.7. The van der Waals surface area contributed by atoms with E-state index in [2.05, 4.69) is 20.6 Å². The van der Waals surface area contributed by atoms with Crippen LogP contribution in [-0.2, 0) is 13.1 Å². The van der Waals surface area contributed by atoms with Gasteiger partial charge in [-0.2, -0.15) is 0 Å². The maximum atomic E-state index is 12.8. The van der Waals surface area contributed by atoms with Gasteiger partial charge in [-0.05, 0) is 42.3 Å². The average Bonchev–Trinajstić information content (AvgIpc) is 3.37. The molecule has 2 heterocycles. The van der Waals surface area contributed by atoms with Gasteiger partial charge in [0.25, 0.3) is 11.6 Å². The number of aromatic nitrogens is 3. The lowest BCUT2D eigenvalue weighted by atomic mass is 10.1. The normalized spacial score (nSPS) is 11.6. The fraction of sp³-hybridized carbons (Fsp3) is 0.160. The zero-order valence-electron chi connectivity index (χ0n) is 18.6. The van der Waals surface area contributed by atoms with Crippen molar-refractivity contribution in [3.05, 3.63) is 118 Å². The molecule has 0 spiro atoms. The lowest BCUT2D eigenvalue weighted by molar-refractivity contribution is -0.384. The summed E-state index contributed by atoms with van der Waals surface area (Å²) in [5, 5.41) is 17.7. The Hall–Kier alpha value is -4.53. The molecule has 34 heavy (non-hydrogen) atoms. The van der Waals surface area contributed by atoms with Gasteiger partial charge >= 0.3 is 0 Å². The van der Waals surface area contributed by atoms with Gasteiger partial charge < -0.3 is 15.2 Å². The van der Waals surface area contributed by atoms with E-state index in [-0.39, 0.29) is 23.2 Å². The first-order chi connectivity index (χ1) is 16.5. The van der Waals surface area contributed by atoms with E-state index in [1.54, 1.807) is 30.9 Å². The van der Waals surface area contributed by atoms with Crippen LogP contribution < -0.4 is 10.6 Å². The fourth-order valence-corrected chi connectivity index (χ4v) is 3.62. The number of hydrogen-bond acceptors (Lipinski definition) is 6. The van der Waals surface area contributed by atoms with Crippen molar-refractivity contribution in [2.75, 3.05) is 5.32 Å². The number of nitrogens with zero attached hydrogens (tertiary/aromatic N) is 4. The predicted molar refractivity (Wildman–Crippen MR) is 128 cm³/mol. The molecular weight excluding hydrogens is 432 g/mol. The van der Waals surface area contributed by atoms with Crippen LogP contribution >= 0.6 is 0 Å². The molecule has 0 aliphatic rings. The second kappa shape index (κ2) is 10.4. The van der Waals surface area contributed by atoms with Gasteiger partial charge in [-0.3, -0.25) is 19.9 Å². The monoisotopic (exact) mass is 456 g/mol. The van der Waals surface area contributed by atoms with Crippen LogP contribution in [0.4, 0.5) is 11.4 Å². The lowest BCUT2D eigenvalue weighted by Crippen LogP contribution is -2.24. The van der Waals surface area contributed by atoms with Crippen molar-refractivity contribution in [2.24, 2.45) is 0 Å². The highest BCUT2D eigenvalue weighted by molar-refractivity contribution is 5.95. The standard InChI is InChI=1S/C25H24N6O3/c1-18(22-8-4-5-11-27-22)29-23-10-9-19(14-24(23)31(33)34)25(32)28-15-20-6-2-3-7-21(20)16-30-13-12-26-17-30/h2-14,17-18,29H,15-16H2,1H3,(H,28,32). The molecule has 9 heteroatoms. The smallest absolute Gasteiger partial charge is 0.293 e. The number of nitro benzene ring substituents is 1. The highest BCUT2D eigenvalue weighted by atomic mass is 16.6. The van der Waals surface area contributed by atoms with Crippen molar-refractivity contribution < 1.29 is 9.72 Å². The molecule has 4 rings (SSSR count). The van der Waals surface area contributed by atoms with Crippen LogP contribution in [0.5, 0.6) is 0 Å². The Morgan fingerprint density at radius 2 is 1.88 bits per heavy atom. The van der Waals surface area contributed by atoms with Crippen LogP contribution in [0.2, 0.25) is 0 Å². The van der Waals surface area contributed by atoms with E-state index in [4.69, 9.17) is 0 Å². The Morgan fingerprint density at radius 1 is 1.09 bits per heavy atom. The topological polar surface area (TPSA) is 115 Å². The summed E-state index contributed by atoms with van der Waals surface area (Å²) in [7, 11) is 0. The van der Waals surface area contributed by atoms with E-state index in [0.717, 1.165) is 16.8 Å². The summed E-state index contributed by atoms with van der Waals surface area (Å²) in [6.07, 6.45) is 6.99. The van der Waals surface area contributed by atoms with Crippen LogP contribution in [0, 0.1) is 10.1 Å². The number of rotatable bonds is 9. The molecule has 1 amide bonds. The summed E-state index contributed by atoms with van der Waals surface area (Å²) < 4.78 is 1.95. The Labute approximate surface area is 196 Å². The molecule has 2 aromatic carbocycles. The van der Waals surface area contributed by atoms with E-state index in [0.29, 0.717) is 18.8 Å². The van der Waals surface area contributed by atoms with E-state index >= 15 is 0 Å². The number of carbonyl (C=O) groups excluding carboxylic acids is 1. The van der Waals surface area contributed by atoms with Crippen molar-refractivity contribution in [3.63, 3.8) is 0 Å². The molecule has 2 N–H and O–H groups in total. The quantitative estimate of drug-likeness (QED) is 0.286. The van der Waals surface area contributed by atoms with Crippen molar-refractivity contribution in [3.8, 4) is 0 Å². The van der Waals surface area contributed by atoms with Crippen molar-refractivity contribution >= 4 is 17.3 Å². The number of nitro groups is 1. The summed E-state index contributed by atoms with van der Waals surface area (Å²) in [5.41, 5.74) is 3.14. The Kier molecular flexibility index (Phi) is 6.92. The van der Waals surface area contributed by atoms with Gasteiger partial charge in [-0.1, -0.05) is 30.3 Å². The molecule has 1 atom stereocenters. The second-order valence-corrected chi connectivity index (χ2v) is 7.80. The number of imidazole rings is 1. The van der Waals surface area contributed by atoms with Crippen molar-refractivity contribution in [1.82, 2.24) is 19.9 Å². The maximum Gasteiger partial charge on any atom is 0.293 e. The first-order valence-electron chi connectivity index (χ1n) is 10.8. The summed E-state index contributed by atoms with van der Waals surface area (Å²) in [6.45, 7) is 2.80. The highest BCUT2D eigenvalue weighted by Crippen LogP contribution is 2.29. The van der Waals surface area contributed by atoms with E-state index in [9.17, 15) is 14.9 Å². The van der Waals surface area contributed by atoms with Crippen LogP contribution in [0.1, 0.15) is 40.1 Å². The van der Waals surface area contributed by atoms with E-state index in [1.807, 2.05) is 60.2 Å². The lowest BCUT2D eigenvalue weighted by Gasteiger charge is -2.15. The molecule has 9 nitrogen and oxygen atoms in total. The molecule has 172 valence electrons. The van der Waals surface area contributed by atoms with Crippen molar-refractivity contribution in [1.29, 1.82) is 0 Å². The molecule has 0 bridgehead atoms. The molecule has 0 fully saturated rings. The number of benzene rings is 2. The molecule has 0 saturated carbocycles. The zero-order valence-corrected chi connectivity index (χ0v) is 18.6. The Bertz CT molecular complexity index is 1280. The Morgan fingerprint density at radius 3 is 2.59 bits per heavy atom. The summed E-state index contributed by atoms with van der Waals surface area (Å²) in [6, 6.07) is 17.5. The minimum atomic E-state index is -0.495. The molecule has 2 aromatic heterocycles. The summed E-state index contributed by atoms with van der Waals surface area (Å²) >= 11 is 0. The third-order valence-electron chi connectivity index (χ3n) is 5.43. The van der Waals surface area contributed by atoms with Crippen molar-refractivity contribution in [2.45, 2.75) is 26.1 Å². The maximum absolute atomic E-state index is 12.8. The van der Waals surface area contributed by atoms with Crippen LogP contribution in [-0.4, -0.2) is 25.4 Å². The summed E-state index contributed by atoms with van der Waals surface area (Å²) in [4.78, 5) is 32.3. The largest absolute Gasteiger partial charge is 0.371 e. The molecule has 0 aliphatic carbocycles. The van der Waals surface area contributed by atoms with Gasteiger partial charge in [0, 0.05) is 43.3 Å².